The first kappa shape index (κ1) is 10.5. The van der Waals surface area contributed by atoms with Crippen LogP contribution < -0.4 is 0 Å². The van der Waals surface area contributed by atoms with Crippen molar-refractivity contribution < 1.29 is 9.53 Å². The fourth-order valence-corrected chi connectivity index (χ4v) is 1.81. The number of esters is 1. The Bertz CT molecular complexity index is 610. The molecule has 0 radical (unpaired) electrons. The molecule has 0 spiro atoms. The molecule has 0 amide bonds. The number of carbonyl (C=O) groups is 1. The van der Waals surface area contributed by atoms with Gasteiger partial charge in [0, 0.05) is 5.39 Å². The van der Waals surface area contributed by atoms with Crippen molar-refractivity contribution in [2.24, 2.45) is 0 Å². The molecule has 0 aliphatic carbocycles. The monoisotopic (exact) mass is 234 g/mol. The summed E-state index contributed by atoms with van der Waals surface area (Å²) in [6.45, 7) is 0. The molecule has 1 aromatic heterocycles. The van der Waals surface area contributed by atoms with E-state index in [4.69, 9.17) is 16.9 Å². The SMILES string of the molecule is COC(=O)c1cccc2c(C#N)c(Cl)[nH]c12. The molecule has 2 aromatic rings. The Morgan fingerprint density at radius 2 is 2.31 bits per heavy atom. The Morgan fingerprint density at radius 3 is 2.94 bits per heavy atom. The molecule has 80 valence electrons. The maximum Gasteiger partial charge on any atom is 0.339 e. The van der Waals surface area contributed by atoms with Crippen LogP contribution in [0.25, 0.3) is 10.9 Å². The van der Waals surface area contributed by atoms with Gasteiger partial charge in [-0.25, -0.2) is 4.79 Å². The number of carbonyl (C=O) groups excluding carboxylic acids is 1. The van der Waals surface area contributed by atoms with Crippen LogP contribution >= 0.6 is 11.6 Å². The third-order valence-corrected chi connectivity index (χ3v) is 2.59. The molecule has 4 nitrogen and oxygen atoms in total. The number of benzene rings is 1. The van der Waals surface area contributed by atoms with Crippen molar-refractivity contribution in [1.29, 1.82) is 5.26 Å². The van der Waals surface area contributed by atoms with Gasteiger partial charge in [-0.2, -0.15) is 5.26 Å². The summed E-state index contributed by atoms with van der Waals surface area (Å²) in [5, 5.41) is 9.77. The molecule has 0 saturated carbocycles. The van der Waals surface area contributed by atoms with E-state index in [2.05, 4.69) is 9.72 Å². The van der Waals surface area contributed by atoms with Crippen LogP contribution in [0.1, 0.15) is 15.9 Å². The Balaban J connectivity index is 2.81. The summed E-state index contributed by atoms with van der Waals surface area (Å²) in [6.07, 6.45) is 0. The topological polar surface area (TPSA) is 65.9 Å². The van der Waals surface area contributed by atoms with Gasteiger partial charge in [-0.05, 0) is 6.07 Å². The normalized spacial score (nSPS) is 10.1. The van der Waals surface area contributed by atoms with E-state index in [1.807, 2.05) is 6.07 Å². The summed E-state index contributed by atoms with van der Waals surface area (Å²) in [7, 11) is 1.30. The minimum Gasteiger partial charge on any atom is -0.465 e. The lowest BCUT2D eigenvalue weighted by Gasteiger charge is -2.00. The molecule has 0 atom stereocenters. The second kappa shape index (κ2) is 3.87. The number of halogens is 1. The van der Waals surface area contributed by atoms with Crippen LogP contribution in [0.5, 0.6) is 0 Å². The second-order valence-corrected chi connectivity index (χ2v) is 3.52. The Labute approximate surface area is 96.4 Å². The van der Waals surface area contributed by atoms with E-state index < -0.39 is 5.97 Å². The van der Waals surface area contributed by atoms with E-state index in [-0.39, 0.29) is 5.15 Å². The number of hydrogen-bond donors (Lipinski definition) is 1. The van der Waals surface area contributed by atoms with E-state index in [1.165, 1.54) is 7.11 Å². The number of nitrogens with zero attached hydrogens (tertiary/aromatic N) is 1. The largest absolute Gasteiger partial charge is 0.465 e. The smallest absolute Gasteiger partial charge is 0.339 e. The molecule has 0 unspecified atom stereocenters. The maximum absolute atomic E-state index is 11.5. The van der Waals surface area contributed by atoms with Gasteiger partial charge in [0.2, 0.25) is 0 Å². The summed E-state index contributed by atoms with van der Waals surface area (Å²) in [6, 6.07) is 7.01. The van der Waals surface area contributed by atoms with Gasteiger partial charge in [0.15, 0.2) is 0 Å². The summed E-state index contributed by atoms with van der Waals surface area (Å²) in [5.74, 6) is -0.465. The molecular weight excluding hydrogens is 228 g/mol. The predicted octanol–water partition coefficient (Wildman–Crippen LogP) is 2.48. The van der Waals surface area contributed by atoms with Crippen LogP contribution in [0.4, 0.5) is 0 Å². The zero-order valence-corrected chi connectivity index (χ0v) is 9.13. The molecule has 16 heavy (non-hydrogen) atoms. The van der Waals surface area contributed by atoms with E-state index in [9.17, 15) is 4.79 Å². The number of methoxy groups -OCH3 is 1. The molecule has 0 aliphatic rings. The van der Waals surface area contributed by atoms with Gasteiger partial charge in [-0.1, -0.05) is 23.7 Å². The highest BCUT2D eigenvalue weighted by molar-refractivity contribution is 6.32. The number of nitriles is 1. The van der Waals surface area contributed by atoms with Crippen molar-refractivity contribution >= 4 is 28.5 Å². The van der Waals surface area contributed by atoms with Crippen LogP contribution in [0.3, 0.4) is 0 Å². The van der Waals surface area contributed by atoms with Crippen molar-refractivity contribution in [2.45, 2.75) is 0 Å². The molecular formula is C11H7ClN2O2. The molecule has 0 bridgehead atoms. The van der Waals surface area contributed by atoms with E-state index in [0.717, 1.165) is 0 Å². The van der Waals surface area contributed by atoms with Gasteiger partial charge in [-0.15, -0.1) is 0 Å². The fraction of sp³-hybridized carbons (Fsp3) is 0.0909. The van der Waals surface area contributed by atoms with Gasteiger partial charge in [0.25, 0.3) is 0 Å². The van der Waals surface area contributed by atoms with Gasteiger partial charge in [0.1, 0.15) is 11.2 Å². The third-order valence-electron chi connectivity index (χ3n) is 2.31. The quantitative estimate of drug-likeness (QED) is 0.771. The third kappa shape index (κ3) is 1.42. The van der Waals surface area contributed by atoms with Crippen LogP contribution in [0.2, 0.25) is 5.15 Å². The highest BCUT2D eigenvalue weighted by Crippen LogP contribution is 2.27. The van der Waals surface area contributed by atoms with Crippen molar-refractivity contribution in [3.8, 4) is 6.07 Å². The van der Waals surface area contributed by atoms with Crippen LogP contribution in [-0.4, -0.2) is 18.1 Å². The molecule has 0 fully saturated rings. The van der Waals surface area contributed by atoms with Crippen LogP contribution in [0.15, 0.2) is 18.2 Å². The van der Waals surface area contributed by atoms with E-state index in [0.29, 0.717) is 22.0 Å². The van der Waals surface area contributed by atoms with Crippen molar-refractivity contribution in [3.05, 3.63) is 34.5 Å². The number of aromatic nitrogens is 1. The number of fused-ring (bicyclic) bond motifs is 1. The zero-order chi connectivity index (χ0) is 11.7. The van der Waals surface area contributed by atoms with Crippen LogP contribution in [-0.2, 0) is 4.74 Å². The molecule has 0 aliphatic heterocycles. The number of aromatic amines is 1. The highest BCUT2D eigenvalue weighted by atomic mass is 35.5. The van der Waals surface area contributed by atoms with Crippen molar-refractivity contribution in [2.75, 3.05) is 7.11 Å². The summed E-state index contributed by atoms with van der Waals surface area (Å²) in [5.41, 5.74) is 1.22. The molecule has 1 heterocycles. The first-order valence-electron chi connectivity index (χ1n) is 4.47. The molecule has 1 aromatic carbocycles. The Kier molecular flexibility index (Phi) is 2.55. The number of ether oxygens (including phenoxy) is 1. The number of nitrogens with one attached hydrogen (secondary N) is 1. The average Bonchev–Trinajstić information content (AvgIpc) is 2.63. The van der Waals surface area contributed by atoms with Gasteiger partial charge in [-0.3, -0.25) is 0 Å². The molecule has 1 N–H and O–H groups in total. The molecule has 2 rings (SSSR count). The van der Waals surface area contributed by atoms with E-state index in [1.54, 1.807) is 18.2 Å². The highest BCUT2D eigenvalue weighted by Gasteiger charge is 2.16. The summed E-state index contributed by atoms with van der Waals surface area (Å²) >= 11 is 5.86. The zero-order valence-electron chi connectivity index (χ0n) is 8.37. The average molecular weight is 235 g/mol. The molecule has 5 heteroatoms. The number of rotatable bonds is 1. The minimum atomic E-state index is -0.465. The lowest BCUT2D eigenvalue weighted by molar-refractivity contribution is 0.0603. The van der Waals surface area contributed by atoms with Crippen molar-refractivity contribution in [3.63, 3.8) is 0 Å². The first-order valence-corrected chi connectivity index (χ1v) is 4.85. The lowest BCUT2D eigenvalue weighted by Crippen LogP contribution is -2.01. The van der Waals surface area contributed by atoms with E-state index >= 15 is 0 Å². The van der Waals surface area contributed by atoms with Crippen molar-refractivity contribution in [1.82, 2.24) is 4.98 Å². The summed E-state index contributed by atoms with van der Waals surface area (Å²) in [4.78, 5) is 14.3. The lowest BCUT2D eigenvalue weighted by atomic mass is 10.1. The Hall–Kier alpha value is -1.99. The van der Waals surface area contributed by atoms with Crippen LogP contribution in [0, 0.1) is 11.3 Å². The maximum atomic E-state index is 11.5. The fourth-order valence-electron chi connectivity index (χ4n) is 1.58. The number of hydrogen-bond acceptors (Lipinski definition) is 3. The second-order valence-electron chi connectivity index (χ2n) is 3.15. The number of H-pyrrole nitrogens is 1. The standard InChI is InChI=1S/C11H7ClN2O2/c1-16-11(15)7-4-2-3-6-8(5-13)10(12)14-9(6)7/h2-4,14H,1H3. The molecule has 0 saturated heterocycles. The Morgan fingerprint density at radius 1 is 1.56 bits per heavy atom. The van der Waals surface area contributed by atoms with Gasteiger partial charge < -0.3 is 9.72 Å². The number of para-hydroxylation sites is 1. The minimum absolute atomic E-state index is 0.230. The predicted molar refractivity (Wildman–Crippen MR) is 59.4 cm³/mol. The first-order chi connectivity index (χ1) is 7.69. The van der Waals surface area contributed by atoms with Gasteiger partial charge >= 0.3 is 5.97 Å². The van der Waals surface area contributed by atoms with Gasteiger partial charge in [0.05, 0.1) is 23.8 Å². The summed E-state index contributed by atoms with van der Waals surface area (Å²) < 4.78 is 4.64.